The van der Waals surface area contributed by atoms with Gasteiger partial charge in [-0.3, -0.25) is 14.9 Å². The number of carbonyl (C=O) groups excluding carboxylic acids is 1. The van der Waals surface area contributed by atoms with Crippen molar-refractivity contribution < 1.29 is 31.7 Å². The number of Topliss-reactive ketones (excluding diaryl/α,β-unsaturated/α-hetero) is 1. The van der Waals surface area contributed by atoms with E-state index in [-0.39, 0.29) is 35.1 Å². The number of ketones is 1. The summed E-state index contributed by atoms with van der Waals surface area (Å²) in [5, 5.41) is 18.7. The molecule has 4 atom stereocenters. The monoisotopic (exact) mass is 607 g/mol. The molecule has 0 fully saturated rings. The number of hydrogen-bond donors (Lipinski definition) is 1. The molecular formula is C26H33N5O8S2. The van der Waals surface area contributed by atoms with Gasteiger partial charge in [-0.15, -0.1) is 0 Å². The third kappa shape index (κ3) is 9.72. The molecule has 3 rings (SSSR count). The number of aliphatic hydroxyl groups is 1. The Labute approximate surface area is 239 Å². The molecule has 13 nitrogen and oxygen atoms in total. The minimum atomic E-state index is -3.43. The van der Waals surface area contributed by atoms with Gasteiger partial charge in [-0.1, -0.05) is 0 Å². The minimum Gasteiger partial charge on any atom is -0.384 e. The van der Waals surface area contributed by atoms with Crippen LogP contribution in [0.3, 0.4) is 0 Å². The number of aliphatic hydroxyl groups excluding tert-OH is 1. The molecule has 3 aromatic rings. The Morgan fingerprint density at radius 2 is 1.24 bits per heavy atom. The van der Waals surface area contributed by atoms with Crippen molar-refractivity contribution in [2.75, 3.05) is 12.5 Å². The highest BCUT2D eigenvalue weighted by atomic mass is 32.2. The Morgan fingerprint density at radius 1 is 0.829 bits per heavy atom. The van der Waals surface area contributed by atoms with Gasteiger partial charge < -0.3 is 5.11 Å². The molecule has 0 unspecified atom stereocenters. The molecule has 15 heteroatoms. The van der Waals surface area contributed by atoms with Gasteiger partial charge in [-0.05, 0) is 51.0 Å². The highest BCUT2D eigenvalue weighted by Gasteiger charge is 2.32. The molecular weight excluding hydrogens is 574 g/mol. The number of aromatic nitrogens is 4. The van der Waals surface area contributed by atoms with E-state index in [1.165, 1.54) is 38.1 Å². The number of aryl methyl sites for hydroxylation is 2. The molecule has 0 saturated heterocycles. The average Bonchev–Trinajstić information content (AvgIpc) is 2.90. The molecule has 1 N–H and O–H groups in total. The smallest absolute Gasteiger partial charge is 0.269 e. The summed E-state index contributed by atoms with van der Waals surface area (Å²) in [4.78, 5) is 38.9. The van der Waals surface area contributed by atoms with Crippen molar-refractivity contribution in [3.05, 3.63) is 87.5 Å². The maximum Gasteiger partial charge on any atom is 0.269 e. The number of nitrogens with zero attached hydrogens (tertiary/aromatic N) is 5. The Bertz CT molecular complexity index is 1560. The summed E-state index contributed by atoms with van der Waals surface area (Å²) in [5.74, 6) is -0.625. The van der Waals surface area contributed by atoms with Gasteiger partial charge in [0.25, 0.3) is 5.69 Å². The molecule has 0 aliphatic rings. The average molecular weight is 608 g/mol. The molecule has 222 valence electrons. The number of nitro benzene ring substituents is 1. The fraction of sp³-hybridized carbons (Fsp3) is 0.423. The lowest BCUT2D eigenvalue weighted by Crippen LogP contribution is -2.28. The first-order valence-electron chi connectivity index (χ1n) is 12.3. The Hall–Kier alpha value is -3.69. The van der Waals surface area contributed by atoms with Crippen molar-refractivity contribution in [2.45, 2.75) is 56.6 Å². The third-order valence-electron chi connectivity index (χ3n) is 6.37. The van der Waals surface area contributed by atoms with Crippen molar-refractivity contribution in [3.63, 3.8) is 0 Å². The zero-order valence-corrected chi connectivity index (χ0v) is 25.1. The van der Waals surface area contributed by atoms with Crippen molar-refractivity contribution in [3.8, 4) is 0 Å². The largest absolute Gasteiger partial charge is 0.384 e. The summed E-state index contributed by atoms with van der Waals surface area (Å²) >= 11 is 0. The summed E-state index contributed by atoms with van der Waals surface area (Å²) in [5.41, 5.74) is 1.83. The van der Waals surface area contributed by atoms with Crippen LogP contribution in [0.1, 0.15) is 65.4 Å². The first-order valence-corrected chi connectivity index (χ1v) is 16.2. The van der Waals surface area contributed by atoms with E-state index in [1.807, 2.05) is 6.92 Å². The van der Waals surface area contributed by atoms with Gasteiger partial charge in [0.2, 0.25) is 0 Å². The van der Waals surface area contributed by atoms with Crippen LogP contribution in [0.5, 0.6) is 0 Å². The number of non-ortho nitro benzene ring substituents is 1. The lowest BCUT2D eigenvalue weighted by atomic mass is 9.94. The van der Waals surface area contributed by atoms with E-state index in [4.69, 9.17) is 0 Å². The second kappa shape index (κ2) is 13.8. The Morgan fingerprint density at radius 3 is 1.63 bits per heavy atom. The maximum atomic E-state index is 12.6. The highest BCUT2D eigenvalue weighted by Crippen LogP contribution is 2.27. The highest BCUT2D eigenvalue weighted by molar-refractivity contribution is 7.91. The van der Waals surface area contributed by atoms with Crippen molar-refractivity contribution in [1.29, 1.82) is 0 Å². The number of benzene rings is 1. The number of rotatable bonds is 10. The zero-order chi connectivity index (χ0) is 31.1. The number of nitro groups is 1. The van der Waals surface area contributed by atoms with Crippen LogP contribution in [-0.4, -0.2) is 75.6 Å². The molecule has 0 amide bonds. The van der Waals surface area contributed by atoms with Crippen LogP contribution in [-0.2, 0) is 19.7 Å². The van der Waals surface area contributed by atoms with Crippen LogP contribution in [0.15, 0.2) is 49.1 Å². The summed E-state index contributed by atoms with van der Waals surface area (Å²) in [6.45, 7) is 6.58. The number of sulfone groups is 2. The molecule has 1 aromatic carbocycles. The molecule has 0 aliphatic carbocycles. The van der Waals surface area contributed by atoms with Crippen LogP contribution in [0.2, 0.25) is 0 Å². The molecule has 0 bridgehead atoms. The summed E-state index contributed by atoms with van der Waals surface area (Å²) < 4.78 is 46.4. The molecule has 41 heavy (non-hydrogen) atoms. The van der Waals surface area contributed by atoms with Gasteiger partial charge in [-0.2, -0.15) is 0 Å². The van der Waals surface area contributed by atoms with Gasteiger partial charge in [0.15, 0.2) is 31.3 Å². The second-order valence-electron chi connectivity index (χ2n) is 9.79. The normalized spacial score (nSPS) is 14.6. The molecule has 2 aromatic heterocycles. The Kier molecular flexibility index (Phi) is 11.3. The van der Waals surface area contributed by atoms with Crippen molar-refractivity contribution >= 4 is 31.1 Å². The minimum absolute atomic E-state index is 0.116. The molecule has 0 aliphatic heterocycles. The van der Waals surface area contributed by atoms with Crippen LogP contribution < -0.4 is 0 Å². The van der Waals surface area contributed by atoms with Gasteiger partial charge in [0.05, 0.1) is 15.4 Å². The maximum absolute atomic E-state index is 12.6. The predicted octanol–water partition coefficient (Wildman–Crippen LogP) is 2.73. The van der Waals surface area contributed by atoms with Gasteiger partial charge in [-0.25, -0.2) is 36.8 Å². The Balaban J connectivity index is 0.000000333. The third-order valence-corrected chi connectivity index (χ3v) is 9.65. The topological polar surface area (TPSA) is 200 Å². The van der Waals surface area contributed by atoms with Crippen LogP contribution in [0.4, 0.5) is 5.69 Å². The van der Waals surface area contributed by atoms with E-state index in [1.54, 1.807) is 31.7 Å². The number of carbonyl (C=O) groups is 1. The fourth-order valence-electron chi connectivity index (χ4n) is 3.45. The van der Waals surface area contributed by atoms with E-state index in [2.05, 4.69) is 19.9 Å². The van der Waals surface area contributed by atoms with Gasteiger partial charge in [0, 0.05) is 67.3 Å². The standard InChI is InChI=1S/C17H19N3O5S.C9H14N2O3S/c1-11-9-18-17(19-10-11)15(12(2)26(3,24)25)8-16(21)13-4-6-14(7-5-13)20(22)23;1-6-4-10-9(11-5-6)8(12)7(2)15(3,13)14/h4-7,9-10,12,15H,8H2,1-3H3;4-5,7-8,12H,1-3H3/t12-,15-;7-,8-/m00/s1. The summed E-state index contributed by atoms with van der Waals surface area (Å²) in [6.07, 6.45) is 7.11. The predicted molar refractivity (Wildman–Crippen MR) is 152 cm³/mol. The van der Waals surface area contributed by atoms with Crippen LogP contribution in [0.25, 0.3) is 0 Å². The lowest BCUT2D eigenvalue weighted by Gasteiger charge is -2.21. The molecule has 0 spiro atoms. The first-order chi connectivity index (χ1) is 18.9. The fourth-order valence-corrected chi connectivity index (χ4v) is 4.85. The van der Waals surface area contributed by atoms with Crippen molar-refractivity contribution in [2.24, 2.45) is 0 Å². The van der Waals surface area contributed by atoms with E-state index in [0.29, 0.717) is 0 Å². The van der Waals surface area contributed by atoms with E-state index in [9.17, 15) is 36.9 Å². The van der Waals surface area contributed by atoms with Crippen molar-refractivity contribution in [1.82, 2.24) is 19.9 Å². The van der Waals surface area contributed by atoms with Crippen LogP contribution >= 0.6 is 0 Å². The van der Waals surface area contributed by atoms with Gasteiger partial charge >= 0.3 is 0 Å². The van der Waals surface area contributed by atoms with E-state index < -0.39 is 47.1 Å². The summed E-state index contributed by atoms with van der Waals surface area (Å²) in [7, 11) is -6.72. The zero-order valence-electron chi connectivity index (χ0n) is 23.5. The van der Waals surface area contributed by atoms with E-state index >= 15 is 0 Å². The number of hydrogen-bond acceptors (Lipinski definition) is 12. The molecule has 0 saturated carbocycles. The quantitative estimate of drug-likeness (QED) is 0.201. The van der Waals surface area contributed by atoms with E-state index in [0.717, 1.165) is 23.6 Å². The first kappa shape index (κ1) is 33.5. The van der Waals surface area contributed by atoms with Crippen LogP contribution in [0, 0.1) is 24.0 Å². The lowest BCUT2D eigenvalue weighted by molar-refractivity contribution is -0.384. The molecule has 2 heterocycles. The SMILES string of the molecule is Cc1cnc([C@@H](CC(=O)c2ccc([N+](=O)[O-])cc2)[C@H](C)S(C)(=O)=O)nc1.Cc1cnc([C@@H](O)[C@H](C)S(C)(=O)=O)nc1. The summed E-state index contributed by atoms with van der Waals surface area (Å²) in [6, 6.07) is 5.20. The second-order valence-corrected chi connectivity index (χ2v) is 14.6. The van der Waals surface area contributed by atoms with Gasteiger partial charge in [0.1, 0.15) is 11.9 Å². The molecule has 0 radical (unpaired) electrons.